The van der Waals surface area contributed by atoms with E-state index in [1.807, 2.05) is 0 Å². The smallest absolute Gasteiger partial charge is 0.269 e. The number of amides is 1. The fraction of sp³-hybridized carbons (Fsp3) is 0.182. The Hall–Kier alpha value is -1.23. The predicted molar refractivity (Wildman–Crippen MR) is 66.1 cm³/mol. The first kappa shape index (κ1) is 12.2. The Morgan fingerprint density at radius 3 is 2.35 bits per heavy atom. The Morgan fingerprint density at radius 1 is 1.29 bits per heavy atom. The average molecular weight is 273 g/mol. The van der Waals surface area contributed by atoms with Gasteiger partial charge in [0.1, 0.15) is 5.03 Å². The highest BCUT2D eigenvalue weighted by Gasteiger charge is 2.36. The second-order valence-corrected chi connectivity index (χ2v) is 4.50. The van der Waals surface area contributed by atoms with Crippen LogP contribution in [0.2, 0.25) is 0 Å². The van der Waals surface area contributed by atoms with Crippen molar-refractivity contribution in [2.75, 3.05) is 5.73 Å². The Labute approximate surface area is 108 Å². The van der Waals surface area contributed by atoms with Crippen molar-refractivity contribution in [2.24, 2.45) is 0 Å². The molecule has 0 saturated carbocycles. The SMILES string of the molecule is Nc1ccc(CN2C(=O)C(Cl)=C(Cl)C2O)cc1. The third kappa shape index (κ3) is 2.24. The van der Waals surface area contributed by atoms with Crippen LogP contribution in [0.4, 0.5) is 5.69 Å². The zero-order chi connectivity index (χ0) is 12.6. The molecule has 1 amide bonds. The molecule has 1 unspecified atom stereocenters. The normalized spacial score (nSPS) is 20.3. The number of rotatable bonds is 2. The van der Waals surface area contributed by atoms with Crippen molar-refractivity contribution in [1.29, 1.82) is 0 Å². The molecule has 1 heterocycles. The summed E-state index contributed by atoms with van der Waals surface area (Å²) in [6.07, 6.45) is -1.17. The molecule has 1 aliphatic rings. The van der Waals surface area contributed by atoms with Crippen LogP contribution in [-0.4, -0.2) is 22.1 Å². The molecule has 1 aromatic carbocycles. The molecule has 90 valence electrons. The molecule has 0 radical (unpaired) electrons. The summed E-state index contributed by atoms with van der Waals surface area (Å²) in [5.41, 5.74) is 7.02. The molecule has 6 heteroatoms. The van der Waals surface area contributed by atoms with E-state index in [9.17, 15) is 9.90 Å². The number of benzene rings is 1. The molecule has 0 saturated heterocycles. The zero-order valence-electron chi connectivity index (χ0n) is 8.73. The maximum absolute atomic E-state index is 11.7. The Balaban J connectivity index is 2.16. The maximum atomic E-state index is 11.7. The van der Waals surface area contributed by atoms with Crippen LogP contribution >= 0.6 is 23.2 Å². The van der Waals surface area contributed by atoms with Crippen molar-refractivity contribution >= 4 is 34.8 Å². The molecule has 17 heavy (non-hydrogen) atoms. The number of hydrogen-bond acceptors (Lipinski definition) is 3. The average Bonchev–Trinajstić information content (AvgIpc) is 2.50. The number of anilines is 1. The van der Waals surface area contributed by atoms with E-state index in [1.54, 1.807) is 24.3 Å². The van der Waals surface area contributed by atoms with E-state index in [0.29, 0.717) is 5.69 Å². The quantitative estimate of drug-likeness (QED) is 0.804. The summed E-state index contributed by atoms with van der Waals surface area (Å²) in [7, 11) is 0. The second kappa shape index (κ2) is 4.56. The lowest BCUT2D eigenvalue weighted by molar-refractivity contribution is -0.132. The van der Waals surface area contributed by atoms with Crippen molar-refractivity contribution in [2.45, 2.75) is 12.8 Å². The molecule has 3 N–H and O–H groups in total. The van der Waals surface area contributed by atoms with Crippen LogP contribution < -0.4 is 5.73 Å². The highest BCUT2D eigenvalue weighted by Crippen LogP contribution is 2.31. The highest BCUT2D eigenvalue weighted by molar-refractivity contribution is 6.49. The van der Waals surface area contributed by atoms with Crippen molar-refractivity contribution in [3.63, 3.8) is 0 Å². The molecule has 1 aliphatic heterocycles. The van der Waals surface area contributed by atoms with Crippen LogP contribution in [-0.2, 0) is 11.3 Å². The minimum Gasteiger partial charge on any atom is -0.399 e. The minimum atomic E-state index is -1.17. The summed E-state index contributed by atoms with van der Waals surface area (Å²) >= 11 is 11.4. The first-order chi connectivity index (χ1) is 8.00. The molecule has 1 aromatic rings. The number of carbonyl (C=O) groups is 1. The van der Waals surface area contributed by atoms with Crippen molar-refractivity contribution in [1.82, 2.24) is 4.90 Å². The van der Waals surface area contributed by atoms with Gasteiger partial charge in [-0.2, -0.15) is 0 Å². The van der Waals surface area contributed by atoms with Crippen LogP contribution in [0.1, 0.15) is 5.56 Å². The molecule has 0 spiro atoms. The predicted octanol–water partition coefficient (Wildman–Crippen LogP) is 1.62. The molecule has 0 aromatic heterocycles. The summed E-state index contributed by atoms with van der Waals surface area (Å²) in [5.74, 6) is -0.471. The minimum absolute atomic E-state index is 0.0351. The number of aliphatic hydroxyl groups excluding tert-OH is 1. The number of nitrogen functional groups attached to an aromatic ring is 1. The van der Waals surface area contributed by atoms with Crippen molar-refractivity contribution in [3.05, 3.63) is 39.9 Å². The Morgan fingerprint density at radius 2 is 1.88 bits per heavy atom. The van der Waals surface area contributed by atoms with E-state index in [0.717, 1.165) is 5.56 Å². The fourth-order valence-corrected chi connectivity index (χ4v) is 1.97. The number of hydrogen-bond donors (Lipinski definition) is 2. The molecule has 0 bridgehead atoms. The summed E-state index contributed by atoms with van der Waals surface area (Å²) in [5, 5.41) is 9.56. The van der Waals surface area contributed by atoms with Crippen molar-refractivity contribution < 1.29 is 9.90 Å². The van der Waals surface area contributed by atoms with E-state index in [-0.39, 0.29) is 16.6 Å². The van der Waals surface area contributed by atoms with Gasteiger partial charge in [0.15, 0.2) is 6.23 Å². The summed E-state index contributed by atoms with van der Waals surface area (Å²) < 4.78 is 0. The third-order valence-corrected chi connectivity index (χ3v) is 3.36. The van der Waals surface area contributed by atoms with Gasteiger partial charge in [-0.05, 0) is 17.7 Å². The summed E-state index contributed by atoms with van der Waals surface area (Å²) in [4.78, 5) is 12.9. The van der Waals surface area contributed by atoms with E-state index < -0.39 is 12.1 Å². The number of aliphatic hydroxyl groups is 1. The van der Waals surface area contributed by atoms with Gasteiger partial charge in [0, 0.05) is 12.2 Å². The molecule has 0 fully saturated rings. The van der Waals surface area contributed by atoms with Gasteiger partial charge in [-0.3, -0.25) is 4.79 Å². The second-order valence-electron chi connectivity index (χ2n) is 3.71. The maximum Gasteiger partial charge on any atom is 0.269 e. The van der Waals surface area contributed by atoms with E-state index in [1.165, 1.54) is 4.90 Å². The number of nitrogens with zero attached hydrogens (tertiary/aromatic N) is 1. The summed E-state index contributed by atoms with van der Waals surface area (Å²) in [6.45, 7) is 0.229. The Bertz CT molecular complexity index is 485. The van der Waals surface area contributed by atoms with Gasteiger partial charge >= 0.3 is 0 Å². The first-order valence-electron chi connectivity index (χ1n) is 4.89. The van der Waals surface area contributed by atoms with Gasteiger partial charge in [-0.1, -0.05) is 35.3 Å². The monoisotopic (exact) mass is 272 g/mol. The Kier molecular flexibility index (Phi) is 3.28. The largest absolute Gasteiger partial charge is 0.399 e. The van der Waals surface area contributed by atoms with Gasteiger partial charge in [0.25, 0.3) is 5.91 Å². The molecule has 0 aliphatic carbocycles. The van der Waals surface area contributed by atoms with E-state index >= 15 is 0 Å². The highest BCUT2D eigenvalue weighted by atomic mass is 35.5. The molecular formula is C11H10Cl2N2O2. The van der Waals surface area contributed by atoms with Gasteiger partial charge < -0.3 is 15.7 Å². The van der Waals surface area contributed by atoms with Crippen LogP contribution in [0.3, 0.4) is 0 Å². The lowest BCUT2D eigenvalue weighted by atomic mass is 10.2. The van der Waals surface area contributed by atoms with Gasteiger partial charge in [0.2, 0.25) is 0 Å². The number of carbonyl (C=O) groups excluding carboxylic acids is 1. The first-order valence-corrected chi connectivity index (χ1v) is 5.65. The topological polar surface area (TPSA) is 66.6 Å². The van der Waals surface area contributed by atoms with Gasteiger partial charge in [-0.15, -0.1) is 0 Å². The van der Waals surface area contributed by atoms with Gasteiger partial charge in [0.05, 0.1) is 5.03 Å². The standard InChI is InChI=1S/C11H10Cl2N2O2/c12-8-9(13)11(17)15(10(8)16)5-6-1-3-7(14)4-2-6/h1-4,10,16H,5,14H2. The molecule has 1 atom stereocenters. The van der Waals surface area contributed by atoms with E-state index in [4.69, 9.17) is 28.9 Å². The van der Waals surface area contributed by atoms with Crippen LogP contribution in [0.15, 0.2) is 34.3 Å². The molecule has 2 rings (SSSR count). The van der Waals surface area contributed by atoms with E-state index in [2.05, 4.69) is 0 Å². The zero-order valence-corrected chi connectivity index (χ0v) is 10.2. The number of nitrogens with two attached hydrogens (primary N) is 1. The van der Waals surface area contributed by atoms with Crippen LogP contribution in [0.25, 0.3) is 0 Å². The molecular weight excluding hydrogens is 263 g/mol. The van der Waals surface area contributed by atoms with Crippen LogP contribution in [0.5, 0.6) is 0 Å². The third-order valence-electron chi connectivity index (χ3n) is 2.51. The molecule has 4 nitrogen and oxygen atoms in total. The fourth-order valence-electron chi connectivity index (χ4n) is 1.57. The lowest BCUT2D eigenvalue weighted by Crippen LogP contribution is -2.34. The summed E-state index contributed by atoms with van der Waals surface area (Å²) in [6, 6.07) is 6.99. The van der Waals surface area contributed by atoms with Crippen LogP contribution in [0, 0.1) is 0 Å². The lowest BCUT2D eigenvalue weighted by Gasteiger charge is -2.21. The van der Waals surface area contributed by atoms with Crippen molar-refractivity contribution in [3.8, 4) is 0 Å². The van der Waals surface area contributed by atoms with Gasteiger partial charge in [-0.25, -0.2) is 0 Å². The number of halogens is 2.